The SMILES string of the molecule is Cc1n[nH]c(C)c1S(=O)(=O)N1CCc2ccc(Cl)cc2C1. The Hall–Kier alpha value is -1.37. The molecule has 0 saturated carbocycles. The van der Waals surface area contributed by atoms with E-state index in [0.717, 1.165) is 11.1 Å². The summed E-state index contributed by atoms with van der Waals surface area (Å²) in [6.07, 6.45) is 0.696. The van der Waals surface area contributed by atoms with E-state index in [1.807, 2.05) is 18.2 Å². The van der Waals surface area contributed by atoms with Gasteiger partial charge < -0.3 is 0 Å². The van der Waals surface area contributed by atoms with Crippen molar-refractivity contribution in [1.29, 1.82) is 0 Å². The van der Waals surface area contributed by atoms with E-state index in [1.165, 1.54) is 4.31 Å². The lowest BCUT2D eigenvalue weighted by molar-refractivity contribution is 0.391. The van der Waals surface area contributed by atoms with Crippen LogP contribution in [0.3, 0.4) is 0 Å². The Labute approximate surface area is 129 Å². The van der Waals surface area contributed by atoms with Crippen LogP contribution in [0.4, 0.5) is 0 Å². The zero-order valence-corrected chi connectivity index (χ0v) is 13.4. The third-order valence-corrected chi connectivity index (χ3v) is 6.15. The zero-order valence-electron chi connectivity index (χ0n) is 11.9. The summed E-state index contributed by atoms with van der Waals surface area (Å²) < 4.78 is 27.1. The topological polar surface area (TPSA) is 66.1 Å². The highest BCUT2D eigenvalue weighted by molar-refractivity contribution is 7.89. The summed E-state index contributed by atoms with van der Waals surface area (Å²) in [7, 11) is -3.54. The molecule has 2 aromatic rings. The van der Waals surface area contributed by atoms with Crippen molar-refractivity contribution in [2.24, 2.45) is 0 Å². The van der Waals surface area contributed by atoms with Gasteiger partial charge in [0, 0.05) is 18.1 Å². The number of nitrogens with zero attached hydrogens (tertiary/aromatic N) is 2. The molecule has 112 valence electrons. The molecule has 1 aliphatic heterocycles. The molecule has 0 unspecified atom stereocenters. The maximum Gasteiger partial charge on any atom is 0.247 e. The fourth-order valence-electron chi connectivity index (χ4n) is 2.75. The van der Waals surface area contributed by atoms with Gasteiger partial charge in [-0.05, 0) is 43.5 Å². The molecular weight excluding hydrogens is 310 g/mol. The molecule has 1 aliphatic rings. The fraction of sp³-hybridized carbons (Fsp3) is 0.357. The largest absolute Gasteiger partial charge is 0.281 e. The second kappa shape index (κ2) is 5.12. The molecule has 2 heterocycles. The summed E-state index contributed by atoms with van der Waals surface area (Å²) in [5.41, 5.74) is 3.20. The Morgan fingerprint density at radius 3 is 2.71 bits per heavy atom. The van der Waals surface area contributed by atoms with Gasteiger partial charge in [-0.3, -0.25) is 5.10 Å². The number of halogens is 1. The molecule has 7 heteroatoms. The minimum Gasteiger partial charge on any atom is -0.281 e. The van der Waals surface area contributed by atoms with Crippen LogP contribution < -0.4 is 0 Å². The molecule has 1 N–H and O–H groups in total. The highest BCUT2D eigenvalue weighted by atomic mass is 35.5. The minimum atomic E-state index is -3.54. The first-order valence-electron chi connectivity index (χ1n) is 6.68. The number of benzene rings is 1. The summed E-state index contributed by atoms with van der Waals surface area (Å²) in [4.78, 5) is 0.285. The van der Waals surface area contributed by atoms with Crippen molar-refractivity contribution >= 4 is 21.6 Å². The smallest absolute Gasteiger partial charge is 0.247 e. The maximum absolute atomic E-state index is 12.8. The van der Waals surface area contributed by atoms with Crippen molar-refractivity contribution in [3.05, 3.63) is 45.7 Å². The monoisotopic (exact) mass is 325 g/mol. The number of hydrogen-bond acceptors (Lipinski definition) is 3. The van der Waals surface area contributed by atoms with Crippen molar-refractivity contribution in [1.82, 2.24) is 14.5 Å². The average Bonchev–Trinajstić information content (AvgIpc) is 2.77. The maximum atomic E-state index is 12.8. The van der Waals surface area contributed by atoms with E-state index in [9.17, 15) is 8.42 Å². The molecular formula is C14H16ClN3O2S. The summed E-state index contributed by atoms with van der Waals surface area (Å²) >= 11 is 6.01. The van der Waals surface area contributed by atoms with E-state index in [1.54, 1.807) is 13.8 Å². The lowest BCUT2D eigenvalue weighted by atomic mass is 10.0. The molecule has 0 atom stereocenters. The van der Waals surface area contributed by atoms with Crippen LogP contribution in [0, 0.1) is 13.8 Å². The van der Waals surface area contributed by atoms with Gasteiger partial charge in [0.2, 0.25) is 10.0 Å². The Bertz CT molecular complexity index is 779. The van der Waals surface area contributed by atoms with Crippen LogP contribution in [0.1, 0.15) is 22.5 Å². The summed E-state index contributed by atoms with van der Waals surface area (Å²) in [5.74, 6) is 0. The van der Waals surface area contributed by atoms with Crippen molar-refractivity contribution in [2.45, 2.75) is 31.7 Å². The van der Waals surface area contributed by atoms with Crippen LogP contribution in [0.2, 0.25) is 5.02 Å². The quantitative estimate of drug-likeness (QED) is 0.922. The summed E-state index contributed by atoms with van der Waals surface area (Å²) in [6, 6.07) is 5.65. The first kappa shape index (κ1) is 14.6. The number of H-pyrrole nitrogens is 1. The third-order valence-electron chi connectivity index (χ3n) is 3.80. The number of nitrogens with one attached hydrogen (secondary N) is 1. The molecule has 0 fully saturated rings. The standard InChI is InChI=1S/C14H16ClN3O2S/c1-9-14(10(2)17-16-9)21(19,20)18-6-5-11-3-4-13(15)7-12(11)8-18/h3-4,7H,5-6,8H2,1-2H3,(H,16,17). The van der Waals surface area contributed by atoms with Crippen molar-refractivity contribution in [2.75, 3.05) is 6.54 Å². The number of hydrogen-bond donors (Lipinski definition) is 1. The second-order valence-electron chi connectivity index (χ2n) is 5.26. The molecule has 0 amide bonds. The zero-order chi connectivity index (χ0) is 15.2. The van der Waals surface area contributed by atoms with E-state index in [4.69, 9.17) is 11.6 Å². The summed E-state index contributed by atoms with van der Waals surface area (Å²) in [5, 5.41) is 7.35. The lowest BCUT2D eigenvalue weighted by Gasteiger charge is -2.28. The molecule has 3 rings (SSSR count). The third kappa shape index (κ3) is 2.47. The van der Waals surface area contributed by atoms with E-state index >= 15 is 0 Å². The predicted molar refractivity (Wildman–Crippen MR) is 80.8 cm³/mol. The number of aryl methyl sites for hydroxylation is 2. The molecule has 1 aromatic carbocycles. The van der Waals surface area contributed by atoms with E-state index in [-0.39, 0.29) is 4.90 Å². The first-order chi connectivity index (χ1) is 9.89. The number of fused-ring (bicyclic) bond motifs is 1. The van der Waals surface area contributed by atoms with Crippen LogP contribution in [0.15, 0.2) is 23.1 Å². The first-order valence-corrected chi connectivity index (χ1v) is 8.50. The molecule has 0 bridgehead atoms. The molecule has 21 heavy (non-hydrogen) atoms. The van der Waals surface area contributed by atoms with Gasteiger partial charge in [-0.2, -0.15) is 9.40 Å². The normalized spacial score (nSPS) is 16.0. The number of aromatic nitrogens is 2. The van der Waals surface area contributed by atoms with E-state index in [0.29, 0.717) is 35.9 Å². The van der Waals surface area contributed by atoms with Crippen LogP contribution in [0.5, 0.6) is 0 Å². The highest BCUT2D eigenvalue weighted by Crippen LogP contribution is 2.28. The molecule has 0 spiro atoms. The van der Waals surface area contributed by atoms with Crippen LogP contribution in [0.25, 0.3) is 0 Å². The van der Waals surface area contributed by atoms with Gasteiger partial charge in [-0.25, -0.2) is 8.42 Å². The van der Waals surface area contributed by atoms with Crippen molar-refractivity contribution in [3.63, 3.8) is 0 Å². The number of rotatable bonds is 2. The van der Waals surface area contributed by atoms with Gasteiger partial charge >= 0.3 is 0 Å². The van der Waals surface area contributed by atoms with Crippen LogP contribution >= 0.6 is 11.6 Å². The number of sulfonamides is 1. The highest BCUT2D eigenvalue weighted by Gasteiger charge is 2.32. The molecule has 1 aromatic heterocycles. The van der Waals surface area contributed by atoms with Crippen LogP contribution in [-0.2, 0) is 23.0 Å². The van der Waals surface area contributed by atoms with Gasteiger partial charge in [-0.1, -0.05) is 17.7 Å². The van der Waals surface area contributed by atoms with Gasteiger partial charge in [0.25, 0.3) is 0 Å². The lowest BCUT2D eigenvalue weighted by Crippen LogP contribution is -2.36. The van der Waals surface area contributed by atoms with Crippen LogP contribution in [-0.4, -0.2) is 29.5 Å². The molecule has 0 aliphatic carbocycles. The Morgan fingerprint density at radius 2 is 2.05 bits per heavy atom. The van der Waals surface area contributed by atoms with Crippen molar-refractivity contribution in [3.8, 4) is 0 Å². The Balaban J connectivity index is 1.99. The Kier molecular flexibility index (Phi) is 3.55. The van der Waals surface area contributed by atoms with E-state index in [2.05, 4.69) is 10.2 Å². The average molecular weight is 326 g/mol. The number of aromatic amines is 1. The Morgan fingerprint density at radius 1 is 1.29 bits per heavy atom. The molecule has 0 radical (unpaired) electrons. The molecule has 5 nitrogen and oxygen atoms in total. The van der Waals surface area contributed by atoms with E-state index < -0.39 is 10.0 Å². The minimum absolute atomic E-state index is 0.285. The van der Waals surface area contributed by atoms with Gasteiger partial charge in [0.05, 0.1) is 11.4 Å². The van der Waals surface area contributed by atoms with Gasteiger partial charge in [0.1, 0.15) is 4.90 Å². The summed E-state index contributed by atoms with van der Waals surface area (Å²) in [6.45, 7) is 4.25. The van der Waals surface area contributed by atoms with Crippen molar-refractivity contribution < 1.29 is 8.42 Å². The predicted octanol–water partition coefficient (Wildman–Crippen LogP) is 2.43. The molecule has 0 saturated heterocycles. The van der Waals surface area contributed by atoms with Gasteiger partial charge in [0.15, 0.2) is 0 Å². The van der Waals surface area contributed by atoms with Gasteiger partial charge in [-0.15, -0.1) is 0 Å². The fourth-order valence-corrected chi connectivity index (χ4v) is 4.70. The second-order valence-corrected chi connectivity index (χ2v) is 7.58.